The smallest absolute Gasteiger partial charge is 0.399 e. The first-order valence-electron chi connectivity index (χ1n) is 9.82. The molecular weight excluding hydrogens is 325 g/mol. The fourth-order valence-electron chi connectivity index (χ4n) is 3.63. The third-order valence-electron chi connectivity index (χ3n) is 6.33. The fourth-order valence-corrected chi connectivity index (χ4v) is 3.63. The molecule has 0 saturated carbocycles. The Morgan fingerprint density at radius 1 is 1.15 bits per heavy atom. The van der Waals surface area contributed by atoms with Gasteiger partial charge in [-0.15, -0.1) is 0 Å². The minimum atomic E-state index is -0.353. The Balaban J connectivity index is 1.68. The van der Waals surface area contributed by atoms with Gasteiger partial charge >= 0.3 is 7.12 Å². The highest BCUT2D eigenvalue weighted by molar-refractivity contribution is 6.62. The normalized spacial score (nSPS) is 22.7. The second-order valence-electron chi connectivity index (χ2n) is 9.02. The second kappa shape index (κ2) is 7.01. The van der Waals surface area contributed by atoms with E-state index in [0.29, 0.717) is 6.42 Å². The molecule has 4 nitrogen and oxygen atoms in total. The average Bonchev–Trinajstić information content (AvgIpc) is 2.75. The fraction of sp³-hybridized carbons (Fsp3) is 0.667. The van der Waals surface area contributed by atoms with Crippen molar-refractivity contribution >= 4 is 18.5 Å². The summed E-state index contributed by atoms with van der Waals surface area (Å²) in [4.78, 5) is 14.6. The van der Waals surface area contributed by atoms with E-state index in [-0.39, 0.29) is 24.2 Å². The van der Waals surface area contributed by atoms with E-state index in [0.717, 1.165) is 48.4 Å². The molecule has 0 N–H and O–H groups in total. The van der Waals surface area contributed by atoms with Crippen LogP contribution in [0, 0.1) is 12.8 Å². The lowest BCUT2D eigenvalue weighted by Gasteiger charge is -2.32. The Hall–Kier alpha value is -1.33. The van der Waals surface area contributed by atoms with Crippen molar-refractivity contribution < 1.29 is 14.1 Å². The van der Waals surface area contributed by atoms with Gasteiger partial charge in [-0.1, -0.05) is 30.7 Å². The summed E-state index contributed by atoms with van der Waals surface area (Å²) < 4.78 is 12.3. The van der Waals surface area contributed by atoms with Crippen molar-refractivity contribution in [1.82, 2.24) is 4.90 Å². The van der Waals surface area contributed by atoms with Crippen molar-refractivity contribution in [2.45, 2.75) is 72.0 Å². The molecule has 1 aromatic carbocycles. The number of hydrogen-bond acceptors (Lipinski definition) is 3. The number of amides is 1. The first-order chi connectivity index (χ1) is 12.1. The first kappa shape index (κ1) is 19.4. The zero-order valence-electron chi connectivity index (χ0n) is 17.1. The second-order valence-corrected chi connectivity index (χ2v) is 9.02. The Morgan fingerprint density at radius 2 is 1.73 bits per heavy atom. The summed E-state index contributed by atoms with van der Waals surface area (Å²) in [5.74, 6) is 0.972. The van der Waals surface area contributed by atoms with E-state index in [2.05, 4.69) is 53.7 Å². The lowest BCUT2D eigenvalue weighted by atomic mass is 9.75. The van der Waals surface area contributed by atoms with Crippen molar-refractivity contribution in [1.29, 1.82) is 0 Å². The highest BCUT2D eigenvalue weighted by Crippen LogP contribution is 2.36. The number of hydrogen-bond donors (Lipinski definition) is 0. The van der Waals surface area contributed by atoms with Crippen LogP contribution in [0.1, 0.15) is 58.6 Å². The summed E-state index contributed by atoms with van der Waals surface area (Å²) in [6, 6.07) is 6.20. The van der Waals surface area contributed by atoms with Crippen LogP contribution in [0.25, 0.3) is 0 Å². The van der Waals surface area contributed by atoms with Crippen LogP contribution in [0.15, 0.2) is 18.2 Å². The zero-order valence-corrected chi connectivity index (χ0v) is 17.1. The minimum Gasteiger partial charge on any atom is -0.399 e. The van der Waals surface area contributed by atoms with E-state index in [1.54, 1.807) is 0 Å². The molecule has 2 fully saturated rings. The van der Waals surface area contributed by atoms with Crippen LogP contribution >= 0.6 is 0 Å². The number of nitrogens with zero attached hydrogens (tertiary/aromatic N) is 1. The third kappa shape index (κ3) is 3.84. The summed E-state index contributed by atoms with van der Waals surface area (Å²) in [7, 11) is -0.353. The molecule has 0 radical (unpaired) electrons. The van der Waals surface area contributed by atoms with E-state index >= 15 is 0 Å². The first-order valence-corrected chi connectivity index (χ1v) is 9.82. The van der Waals surface area contributed by atoms with Gasteiger partial charge in [-0.3, -0.25) is 4.79 Å². The predicted octanol–water partition coefficient (Wildman–Crippen LogP) is 3.10. The van der Waals surface area contributed by atoms with Crippen molar-refractivity contribution in [3.63, 3.8) is 0 Å². The predicted molar refractivity (Wildman–Crippen MR) is 106 cm³/mol. The van der Waals surface area contributed by atoms with Gasteiger partial charge in [0.15, 0.2) is 0 Å². The van der Waals surface area contributed by atoms with E-state index in [4.69, 9.17) is 9.31 Å². The summed E-state index contributed by atoms with van der Waals surface area (Å²) in [5.41, 5.74) is 2.54. The molecule has 0 bridgehead atoms. The summed E-state index contributed by atoms with van der Waals surface area (Å²) in [6.45, 7) is 14.4. The van der Waals surface area contributed by atoms with Gasteiger partial charge < -0.3 is 14.2 Å². The number of carbonyl (C=O) groups excluding carboxylic acids is 1. The lowest BCUT2D eigenvalue weighted by molar-refractivity contribution is -0.131. The van der Waals surface area contributed by atoms with Gasteiger partial charge in [0.25, 0.3) is 0 Å². The Kier molecular flexibility index (Phi) is 5.24. The van der Waals surface area contributed by atoms with Crippen molar-refractivity contribution in [2.75, 3.05) is 13.1 Å². The number of benzene rings is 1. The van der Waals surface area contributed by atoms with Crippen LogP contribution in [0.5, 0.6) is 0 Å². The third-order valence-corrected chi connectivity index (χ3v) is 6.33. The number of carbonyl (C=O) groups is 1. The quantitative estimate of drug-likeness (QED) is 0.781. The van der Waals surface area contributed by atoms with Crippen LogP contribution in [0.2, 0.25) is 0 Å². The van der Waals surface area contributed by atoms with Crippen molar-refractivity contribution in [3.05, 3.63) is 29.3 Å². The molecule has 2 aliphatic rings. The van der Waals surface area contributed by atoms with Crippen LogP contribution in [-0.2, 0) is 20.5 Å². The van der Waals surface area contributed by atoms with Crippen molar-refractivity contribution in [3.8, 4) is 0 Å². The summed E-state index contributed by atoms with van der Waals surface area (Å²) in [6.07, 6.45) is 2.70. The van der Waals surface area contributed by atoms with Crippen LogP contribution in [0.4, 0.5) is 0 Å². The zero-order chi connectivity index (χ0) is 19.1. The summed E-state index contributed by atoms with van der Waals surface area (Å²) >= 11 is 0. The molecule has 2 aliphatic heterocycles. The molecule has 0 spiro atoms. The van der Waals surface area contributed by atoms with Gasteiger partial charge in [-0.25, -0.2) is 0 Å². The number of aryl methyl sites for hydroxylation is 1. The Labute approximate surface area is 158 Å². The number of piperidine rings is 1. The van der Waals surface area contributed by atoms with Gasteiger partial charge in [0, 0.05) is 13.1 Å². The monoisotopic (exact) mass is 357 g/mol. The van der Waals surface area contributed by atoms with Gasteiger partial charge in [-0.2, -0.15) is 0 Å². The molecule has 26 heavy (non-hydrogen) atoms. The molecule has 0 aromatic heterocycles. The lowest BCUT2D eigenvalue weighted by Crippen LogP contribution is -2.41. The molecule has 0 atom stereocenters. The molecule has 0 unspecified atom stereocenters. The highest BCUT2D eigenvalue weighted by Gasteiger charge is 2.52. The Bertz CT molecular complexity index is 662. The largest absolute Gasteiger partial charge is 0.495 e. The average molecular weight is 357 g/mol. The van der Waals surface area contributed by atoms with E-state index in [1.807, 2.05) is 11.0 Å². The molecule has 142 valence electrons. The molecule has 3 rings (SSSR count). The van der Waals surface area contributed by atoms with Gasteiger partial charge in [0.2, 0.25) is 5.91 Å². The standard InChI is InChI=1S/C21H32BNO3/c1-15-9-11-23(12-10-15)19(24)14-17-7-8-18(16(2)13-17)22-25-20(3,4)21(5,6)26-22/h7-8,13,15H,9-12,14H2,1-6H3. The molecule has 2 heterocycles. The maximum absolute atomic E-state index is 12.6. The topological polar surface area (TPSA) is 38.8 Å². The number of likely N-dealkylation sites (tertiary alicyclic amines) is 1. The van der Waals surface area contributed by atoms with Gasteiger partial charge in [0.1, 0.15) is 0 Å². The van der Waals surface area contributed by atoms with Gasteiger partial charge in [0.05, 0.1) is 17.6 Å². The molecular formula is C21H32BNO3. The summed E-state index contributed by atoms with van der Waals surface area (Å²) in [5, 5.41) is 0. The van der Waals surface area contributed by atoms with Gasteiger partial charge in [-0.05, 0) is 64.4 Å². The SMILES string of the molecule is Cc1cc(CC(=O)N2CCC(C)CC2)ccc1B1OC(C)(C)C(C)(C)O1. The molecule has 1 aromatic rings. The van der Waals surface area contributed by atoms with E-state index in [1.165, 1.54) is 0 Å². The molecule has 5 heteroatoms. The molecule has 2 saturated heterocycles. The maximum atomic E-state index is 12.6. The van der Waals surface area contributed by atoms with Crippen LogP contribution in [-0.4, -0.2) is 42.2 Å². The Morgan fingerprint density at radius 3 is 2.27 bits per heavy atom. The highest BCUT2D eigenvalue weighted by atomic mass is 16.7. The van der Waals surface area contributed by atoms with E-state index < -0.39 is 0 Å². The van der Waals surface area contributed by atoms with Crippen LogP contribution < -0.4 is 5.46 Å². The number of rotatable bonds is 3. The van der Waals surface area contributed by atoms with Crippen LogP contribution in [0.3, 0.4) is 0 Å². The molecule has 1 amide bonds. The van der Waals surface area contributed by atoms with E-state index in [9.17, 15) is 4.79 Å². The molecule has 0 aliphatic carbocycles. The minimum absolute atomic E-state index is 0.236. The van der Waals surface area contributed by atoms with Crippen molar-refractivity contribution in [2.24, 2.45) is 5.92 Å². The maximum Gasteiger partial charge on any atom is 0.495 e.